The number of anilines is 1. The summed E-state index contributed by atoms with van der Waals surface area (Å²) in [6, 6.07) is 0. The van der Waals surface area contributed by atoms with Gasteiger partial charge in [-0.05, 0) is 43.4 Å². The summed E-state index contributed by atoms with van der Waals surface area (Å²) in [5.74, 6) is 0. The number of rotatable bonds is 0. The molecule has 0 saturated heterocycles. The summed E-state index contributed by atoms with van der Waals surface area (Å²) in [4.78, 5) is 0. The van der Waals surface area contributed by atoms with Crippen molar-refractivity contribution in [3.05, 3.63) is 9.90 Å². The van der Waals surface area contributed by atoms with Crippen molar-refractivity contribution in [2.24, 2.45) is 0 Å². The Morgan fingerprint density at radius 1 is 1.55 bits per heavy atom. The molecule has 2 N–H and O–H groups in total. The molecule has 3 nitrogen and oxygen atoms in total. The Morgan fingerprint density at radius 2 is 2.09 bits per heavy atom. The fraction of sp³-hybridized carbons (Fsp3) is 0.571. The number of nitrogens with two attached hydrogens (primary N) is 1. The number of halogens is 1. The molecule has 0 atom stereocenters. The lowest BCUT2D eigenvalue weighted by Crippen LogP contribution is -2.22. The van der Waals surface area contributed by atoms with Gasteiger partial charge in [0.15, 0.2) is 0 Å². The Balaban J connectivity index is 3.08. The van der Waals surface area contributed by atoms with Crippen molar-refractivity contribution in [3.8, 4) is 0 Å². The molecule has 0 aliphatic carbocycles. The first kappa shape index (κ1) is 8.83. The van der Waals surface area contributed by atoms with E-state index in [1.807, 2.05) is 10.9 Å². The molecule has 4 heteroatoms. The third kappa shape index (κ3) is 1.85. The van der Waals surface area contributed by atoms with Gasteiger partial charge in [0.2, 0.25) is 0 Å². The number of aromatic nitrogens is 2. The van der Waals surface area contributed by atoms with Crippen molar-refractivity contribution in [1.29, 1.82) is 0 Å². The van der Waals surface area contributed by atoms with Crippen LogP contribution in [0.3, 0.4) is 0 Å². The van der Waals surface area contributed by atoms with Crippen LogP contribution in [0, 0.1) is 3.70 Å². The first-order valence-corrected chi connectivity index (χ1v) is 4.50. The van der Waals surface area contributed by atoms with E-state index in [0.29, 0.717) is 0 Å². The van der Waals surface area contributed by atoms with E-state index >= 15 is 0 Å². The van der Waals surface area contributed by atoms with E-state index in [2.05, 4.69) is 48.5 Å². The van der Waals surface area contributed by atoms with Crippen molar-refractivity contribution in [1.82, 2.24) is 9.78 Å². The Bertz CT molecular complexity index is 240. The molecule has 0 amide bonds. The summed E-state index contributed by atoms with van der Waals surface area (Å²) < 4.78 is 2.75. The molecule has 1 rings (SSSR count). The Morgan fingerprint density at radius 3 is 2.27 bits per heavy atom. The SMILES string of the molecule is CC(C)(C)n1cc(N)c(I)n1. The molecule has 1 aromatic heterocycles. The molecule has 0 radical (unpaired) electrons. The van der Waals surface area contributed by atoms with Crippen LogP contribution in [0.5, 0.6) is 0 Å². The summed E-state index contributed by atoms with van der Waals surface area (Å²) in [5, 5.41) is 4.26. The summed E-state index contributed by atoms with van der Waals surface area (Å²) >= 11 is 2.13. The second-order valence-electron chi connectivity index (χ2n) is 3.49. The van der Waals surface area contributed by atoms with Crippen molar-refractivity contribution in [2.45, 2.75) is 26.3 Å². The van der Waals surface area contributed by atoms with Crippen LogP contribution in [0.15, 0.2) is 6.20 Å². The molecule has 11 heavy (non-hydrogen) atoms. The van der Waals surface area contributed by atoms with Gasteiger partial charge in [-0.2, -0.15) is 5.10 Å². The zero-order valence-electron chi connectivity index (χ0n) is 6.93. The van der Waals surface area contributed by atoms with Crippen LogP contribution in [-0.2, 0) is 5.54 Å². The van der Waals surface area contributed by atoms with Crippen LogP contribution in [-0.4, -0.2) is 9.78 Å². The molecule has 0 aliphatic rings. The third-order valence-corrected chi connectivity index (χ3v) is 2.22. The largest absolute Gasteiger partial charge is 0.395 e. The minimum Gasteiger partial charge on any atom is -0.395 e. The van der Waals surface area contributed by atoms with Crippen molar-refractivity contribution < 1.29 is 0 Å². The minimum atomic E-state index is 0.0253. The lowest BCUT2D eigenvalue weighted by atomic mass is 10.1. The molecule has 0 spiro atoms. The zero-order chi connectivity index (χ0) is 8.65. The summed E-state index contributed by atoms with van der Waals surface area (Å²) in [5.41, 5.74) is 6.42. The van der Waals surface area contributed by atoms with Gasteiger partial charge in [-0.3, -0.25) is 4.68 Å². The van der Waals surface area contributed by atoms with Crippen LogP contribution in [0.2, 0.25) is 0 Å². The Hall–Kier alpha value is -0.260. The summed E-state index contributed by atoms with van der Waals surface area (Å²) in [6.45, 7) is 6.28. The van der Waals surface area contributed by atoms with E-state index in [0.717, 1.165) is 9.39 Å². The third-order valence-electron chi connectivity index (χ3n) is 1.38. The monoisotopic (exact) mass is 265 g/mol. The summed E-state index contributed by atoms with van der Waals surface area (Å²) in [7, 11) is 0. The highest BCUT2D eigenvalue weighted by Gasteiger charge is 2.15. The highest BCUT2D eigenvalue weighted by Crippen LogP contribution is 2.18. The van der Waals surface area contributed by atoms with E-state index in [1.165, 1.54) is 0 Å². The highest BCUT2D eigenvalue weighted by molar-refractivity contribution is 14.1. The average Bonchev–Trinajstić information content (AvgIpc) is 2.11. The maximum atomic E-state index is 5.65. The Labute approximate surface area is 80.1 Å². The molecule has 1 heterocycles. The van der Waals surface area contributed by atoms with Gasteiger partial charge in [0.1, 0.15) is 3.70 Å². The van der Waals surface area contributed by atoms with Crippen LogP contribution in [0.4, 0.5) is 5.69 Å². The van der Waals surface area contributed by atoms with E-state index < -0.39 is 0 Å². The fourth-order valence-corrected chi connectivity index (χ4v) is 1.08. The van der Waals surface area contributed by atoms with Gasteiger partial charge in [0.25, 0.3) is 0 Å². The molecule has 62 valence electrons. The van der Waals surface area contributed by atoms with Gasteiger partial charge in [0.05, 0.1) is 11.2 Å². The predicted octanol–water partition coefficient (Wildman–Crippen LogP) is 1.82. The van der Waals surface area contributed by atoms with E-state index in [4.69, 9.17) is 5.73 Å². The lowest BCUT2D eigenvalue weighted by Gasteiger charge is -2.18. The molecule has 0 aliphatic heterocycles. The summed E-state index contributed by atoms with van der Waals surface area (Å²) in [6.07, 6.45) is 1.86. The van der Waals surface area contributed by atoms with E-state index in [9.17, 15) is 0 Å². The topological polar surface area (TPSA) is 43.8 Å². The smallest absolute Gasteiger partial charge is 0.146 e. The van der Waals surface area contributed by atoms with Crippen molar-refractivity contribution in [2.75, 3.05) is 5.73 Å². The van der Waals surface area contributed by atoms with Gasteiger partial charge >= 0.3 is 0 Å². The average molecular weight is 265 g/mol. The van der Waals surface area contributed by atoms with Gasteiger partial charge < -0.3 is 5.73 Å². The quantitative estimate of drug-likeness (QED) is 0.727. The zero-order valence-corrected chi connectivity index (χ0v) is 9.08. The van der Waals surface area contributed by atoms with Crippen LogP contribution in [0.1, 0.15) is 20.8 Å². The molecule has 0 aromatic carbocycles. The standard InChI is InChI=1S/C7H12IN3/c1-7(2,3)11-4-5(9)6(8)10-11/h4H,9H2,1-3H3. The van der Waals surface area contributed by atoms with Crippen LogP contribution >= 0.6 is 22.6 Å². The van der Waals surface area contributed by atoms with Crippen molar-refractivity contribution in [3.63, 3.8) is 0 Å². The first-order chi connectivity index (χ1) is 4.91. The molecule has 0 fully saturated rings. The van der Waals surface area contributed by atoms with E-state index in [1.54, 1.807) is 0 Å². The molecular weight excluding hydrogens is 253 g/mol. The molecule has 0 unspecified atom stereocenters. The highest BCUT2D eigenvalue weighted by atomic mass is 127. The maximum Gasteiger partial charge on any atom is 0.146 e. The van der Waals surface area contributed by atoms with Crippen LogP contribution in [0.25, 0.3) is 0 Å². The first-order valence-electron chi connectivity index (χ1n) is 3.42. The second-order valence-corrected chi connectivity index (χ2v) is 4.51. The Kier molecular flexibility index (Phi) is 2.13. The van der Waals surface area contributed by atoms with Crippen molar-refractivity contribution >= 4 is 28.3 Å². The number of nitrogen functional groups attached to an aromatic ring is 1. The van der Waals surface area contributed by atoms with Gasteiger partial charge in [-0.25, -0.2) is 0 Å². The predicted molar refractivity (Wildman–Crippen MR) is 54.4 cm³/mol. The fourth-order valence-electron chi connectivity index (χ4n) is 0.710. The normalized spacial score (nSPS) is 12.0. The van der Waals surface area contributed by atoms with Crippen LogP contribution < -0.4 is 5.73 Å². The maximum absolute atomic E-state index is 5.65. The lowest BCUT2D eigenvalue weighted by molar-refractivity contribution is 0.354. The molecular formula is C7H12IN3. The number of hydrogen-bond acceptors (Lipinski definition) is 2. The molecule has 0 bridgehead atoms. The number of hydrogen-bond donors (Lipinski definition) is 1. The van der Waals surface area contributed by atoms with Gasteiger partial charge in [0, 0.05) is 6.20 Å². The minimum absolute atomic E-state index is 0.0253. The second kappa shape index (κ2) is 2.66. The molecule has 0 saturated carbocycles. The van der Waals surface area contributed by atoms with Gasteiger partial charge in [-0.15, -0.1) is 0 Å². The molecule has 1 aromatic rings. The van der Waals surface area contributed by atoms with Gasteiger partial charge in [-0.1, -0.05) is 0 Å². The van der Waals surface area contributed by atoms with E-state index in [-0.39, 0.29) is 5.54 Å². The number of nitrogens with zero attached hydrogens (tertiary/aromatic N) is 2.